The predicted octanol–water partition coefficient (Wildman–Crippen LogP) is 2.38. The Hall–Kier alpha value is -0.870. The summed E-state index contributed by atoms with van der Waals surface area (Å²) >= 11 is 0. The van der Waals surface area contributed by atoms with Crippen molar-refractivity contribution in [3.05, 3.63) is 35.9 Å². The summed E-state index contributed by atoms with van der Waals surface area (Å²) in [5.74, 6) is 0.383. The SMILES string of the molecule is CC(C)(C)NCCCS(=O)(=O)Cc1ccccc1. The minimum atomic E-state index is -2.99. The summed E-state index contributed by atoms with van der Waals surface area (Å²) in [5.41, 5.74) is 0.907. The van der Waals surface area contributed by atoms with E-state index in [2.05, 4.69) is 26.1 Å². The van der Waals surface area contributed by atoms with E-state index < -0.39 is 9.84 Å². The number of benzene rings is 1. The normalized spacial score (nSPS) is 12.6. The van der Waals surface area contributed by atoms with Crippen LogP contribution in [0.25, 0.3) is 0 Å². The number of sulfone groups is 1. The molecule has 0 heterocycles. The molecule has 0 bridgehead atoms. The molecule has 0 fully saturated rings. The molecule has 0 aliphatic rings. The van der Waals surface area contributed by atoms with Crippen LogP contribution in [0.1, 0.15) is 32.8 Å². The van der Waals surface area contributed by atoms with Gasteiger partial charge in [0, 0.05) is 5.54 Å². The van der Waals surface area contributed by atoms with Gasteiger partial charge >= 0.3 is 0 Å². The zero-order valence-electron chi connectivity index (χ0n) is 11.4. The second kappa shape index (κ2) is 6.34. The van der Waals surface area contributed by atoms with Crippen LogP contribution in [0.4, 0.5) is 0 Å². The Balaban J connectivity index is 2.37. The van der Waals surface area contributed by atoms with E-state index in [4.69, 9.17) is 0 Å². The van der Waals surface area contributed by atoms with E-state index in [-0.39, 0.29) is 17.0 Å². The molecule has 1 rings (SSSR count). The Morgan fingerprint density at radius 2 is 1.72 bits per heavy atom. The zero-order valence-corrected chi connectivity index (χ0v) is 12.3. The first-order valence-corrected chi connectivity index (χ1v) is 8.10. The number of rotatable bonds is 6. The predicted molar refractivity (Wildman–Crippen MR) is 76.3 cm³/mol. The maximum atomic E-state index is 11.9. The highest BCUT2D eigenvalue weighted by molar-refractivity contribution is 7.90. The molecule has 0 saturated heterocycles. The van der Waals surface area contributed by atoms with E-state index in [1.807, 2.05) is 30.3 Å². The number of hydrogen-bond acceptors (Lipinski definition) is 3. The molecule has 0 aliphatic heterocycles. The Bertz CT molecular complexity index is 446. The minimum Gasteiger partial charge on any atom is -0.312 e. The fourth-order valence-electron chi connectivity index (χ4n) is 1.66. The zero-order chi connectivity index (χ0) is 13.6. The molecule has 4 heteroatoms. The van der Waals surface area contributed by atoms with Crippen molar-refractivity contribution in [1.82, 2.24) is 5.32 Å². The third-order valence-electron chi connectivity index (χ3n) is 2.52. The Kier molecular flexibility index (Phi) is 5.35. The van der Waals surface area contributed by atoms with Gasteiger partial charge in [0.1, 0.15) is 0 Å². The second-order valence-corrected chi connectivity index (χ2v) is 7.79. The van der Waals surface area contributed by atoms with Gasteiger partial charge in [-0.25, -0.2) is 8.42 Å². The maximum Gasteiger partial charge on any atom is 0.154 e. The van der Waals surface area contributed by atoms with Gasteiger partial charge in [0.2, 0.25) is 0 Å². The van der Waals surface area contributed by atoms with E-state index in [0.29, 0.717) is 6.42 Å². The third-order valence-corrected chi connectivity index (χ3v) is 4.20. The average Bonchev–Trinajstić information content (AvgIpc) is 2.24. The molecule has 0 unspecified atom stereocenters. The lowest BCUT2D eigenvalue weighted by molar-refractivity contribution is 0.426. The number of nitrogens with one attached hydrogen (secondary N) is 1. The Labute approximate surface area is 111 Å². The van der Waals surface area contributed by atoms with E-state index in [0.717, 1.165) is 12.1 Å². The average molecular weight is 269 g/mol. The summed E-state index contributed by atoms with van der Waals surface area (Å²) in [6.07, 6.45) is 0.659. The molecule has 0 aliphatic carbocycles. The molecule has 0 saturated carbocycles. The minimum absolute atomic E-state index is 0.0448. The van der Waals surface area contributed by atoms with Crippen molar-refractivity contribution in [2.24, 2.45) is 0 Å². The summed E-state index contributed by atoms with van der Waals surface area (Å²) in [6, 6.07) is 9.33. The van der Waals surface area contributed by atoms with Crippen molar-refractivity contribution in [2.75, 3.05) is 12.3 Å². The topological polar surface area (TPSA) is 46.2 Å². The van der Waals surface area contributed by atoms with Crippen LogP contribution in [0.5, 0.6) is 0 Å². The molecule has 1 N–H and O–H groups in total. The Morgan fingerprint density at radius 3 is 2.28 bits per heavy atom. The van der Waals surface area contributed by atoms with Crippen LogP contribution in [0.2, 0.25) is 0 Å². The quantitative estimate of drug-likeness (QED) is 0.807. The lowest BCUT2D eigenvalue weighted by Gasteiger charge is -2.20. The van der Waals surface area contributed by atoms with E-state index in [9.17, 15) is 8.42 Å². The fourth-order valence-corrected chi connectivity index (χ4v) is 3.08. The highest BCUT2D eigenvalue weighted by Gasteiger charge is 2.13. The lowest BCUT2D eigenvalue weighted by atomic mass is 10.1. The van der Waals surface area contributed by atoms with Crippen LogP contribution in [-0.4, -0.2) is 26.3 Å². The molecule has 1 aromatic rings. The van der Waals surface area contributed by atoms with Crippen molar-refractivity contribution in [3.63, 3.8) is 0 Å². The van der Waals surface area contributed by atoms with Gasteiger partial charge in [0.25, 0.3) is 0 Å². The molecular weight excluding hydrogens is 246 g/mol. The van der Waals surface area contributed by atoms with Crippen LogP contribution in [0.15, 0.2) is 30.3 Å². The molecule has 1 aromatic carbocycles. The summed E-state index contributed by atoms with van der Waals surface area (Å²) in [7, 11) is -2.99. The first kappa shape index (κ1) is 15.2. The van der Waals surface area contributed by atoms with Crippen molar-refractivity contribution >= 4 is 9.84 Å². The standard InChI is InChI=1S/C14H23NO2S/c1-14(2,3)15-10-7-11-18(16,17)12-13-8-5-4-6-9-13/h4-6,8-9,15H,7,10-12H2,1-3H3. The Morgan fingerprint density at radius 1 is 1.11 bits per heavy atom. The smallest absolute Gasteiger partial charge is 0.154 e. The van der Waals surface area contributed by atoms with Gasteiger partial charge < -0.3 is 5.32 Å². The molecule has 3 nitrogen and oxygen atoms in total. The van der Waals surface area contributed by atoms with Gasteiger partial charge in [0.15, 0.2) is 9.84 Å². The van der Waals surface area contributed by atoms with Crippen LogP contribution < -0.4 is 5.32 Å². The molecule has 0 atom stereocenters. The van der Waals surface area contributed by atoms with Crippen molar-refractivity contribution in [1.29, 1.82) is 0 Å². The van der Waals surface area contributed by atoms with Gasteiger partial charge in [-0.15, -0.1) is 0 Å². The molecular formula is C14H23NO2S. The lowest BCUT2D eigenvalue weighted by Crippen LogP contribution is -2.37. The maximum absolute atomic E-state index is 11.9. The van der Waals surface area contributed by atoms with Crippen LogP contribution in [0, 0.1) is 0 Å². The molecule has 0 aromatic heterocycles. The van der Waals surface area contributed by atoms with E-state index >= 15 is 0 Å². The van der Waals surface area contributed by atoms with E-state index in [1.54, 1.807) is 0 Å². The highest BCUT2D eigenvalue weighted by Crippen LogP contribution is 2.07. The van der Waals surface area contributed by atoms with E-state index in [1.165, 1.54) is 0 Å². The van der Waals surface area contributed by atoms with Crippen molar-refractivity contribution < 1.29 is 8.42 Å². The third kappa shape index (κ3) is 6.77. The molecule has 18 heavy (non-hydrogen) atoms. The van der Waals surface area contributed by atoms with Crippen LogP contribution in [-0.2, 0) is 15.6 Å². The van der Waals surface area contributed by atoms with Crippen molar-refractivity contribution in [2.45, 2.75) is 38.5 Å². The monoisotopic (exact) mass is 269 g/mol. The molecule has 0 spiro atoms. The highest BCUT2D eigenvalue weighted by atomic mass is 32.2. The summed E-state index contributed by atoms with van der Waals surface area (Å²) in [5, 5.41) is 3.29. The summed E-state index contributed by atoms with van der Waals surface area (Å²) < 4.78 is 23.8. The van der Waals surface area contributed by atoms with Gasteiger partial charge in [-0.2, -0.15) is 0 Å². The van der Waals surface area contributed by atoms with Crippen LogP contribution >= 0.6 is 0 Å². The number of hydrogen-bond donors (Lipinski definition) is 1. The second-order valence-electron chi connectivity index (χ2n) is 5.61. The van der Waals surface area contributed by atoms with Crippen molar-refractivity contribution in [3.8, 4) is 0 Å². The molecule has 0 amide bonds. The molecule has 102 valence electrons. The van der Waals surface area contributed by atoms with Gasteiger partial charge in [-0.3, -0.25) is 0 Å². The van der Waals surface area contributed by atoms with Crippen LogP contribution in [0.3, 0.4) is 0 Å². The first-order valence-electron chi connectivity index (χ1n) is 6.28. The largest absolute Gasteiger partial charge is 0.312 e. The first-order chi connectivity index (χ1) is 8.29. The summed E-state index contributed by atoms with van der Waals surface area (Å²) in [6.45, 7) is 6.96. The van der Waals surface area contributed by atoms with Gasteiger partial charge in [0.05, 0.1) is 11.5 Å². The van der Waals surface area contributed by atoms with Gasteiger partial charge in [-0.05, 0) is 39.3 Å². The van der Waals surface area contributed by atoms with Gasteiger partial charge in [-0.1, -0.05) is 30.3 Å². The summed E-state index contributed by atoms with van der Waals surface area (Å²) in [4.78, 5) is 0. The fraction of sp³-hybridized carbons (Fsp3) is 0.571. The molecule has 0 radical (unpaired) electrons.